The van der Waals surface area contributed by atoms with Gasteiger partial charge in [0, 0.05) is 13.2 Å². The maximum atomic E-state index is 5.62. The third-order valence-corrected chi connectivity index (χ3v) is 2.00. The second kappa shape index (κ2) is 11.0. The minimum absolute atomic E-state index is 0.0238. The topological polar surface area (TPSA) is 18.5 Å². The molecular formula is C12H25O2. The number of ether oxygens (including phenoxy) is 2. The number of rotatable bonds is 10. The zero-order valence-corrected chi connectivity index (χ0v) is 9.76. The summed E-state index contributed by atoms with van der Waals surface area (Å²) in [5.74, 6) is 0. The van der Waals surface area contributed by atoms with Gasteiger partial charge in [-0.25, -0.2) is 0 Å². The van der Waals surface area contributed by atoms with E-state index in [4.69, 9.17) is 9.47 Å². The van der Waals surface area contributed by atoms with Crippen molar-refractivity contribution < 1.29 is 9.47 Å². The lowest BCUT2D eigenvalue weighted by Crippen LogP contribution is -2.18. The lowest BCUT2D eigenvalue weighted by molar-refractivity contribution is -0.145. The van der Waals surface area contributed by atoms with Gasteiger partial charge in [-0.05, 0) is 25.7 Å². The van der Waals surface area contributed by atoms with Gasteiger partial charge in [0.25, 0.3) is 0 Å². The Morgan fingerprint density at radius 3 is 2.29 bits per heavy atom. The van der Waals surface area contributed by atoms with Crippen LogP contribution in [0.1, 0.15) is 52.4 Å². The first-order chi connectivity index (χ1) is 6.85. The molecule has 2 heteroatoms. The monoisotopic (exact) mass is 201 g/mol. The summed E-state index contributed by atoms with van der Waals surface area (Å²) in [7, 11) is 0. The van der Waals surface area contributed by atoms with E-state index < -0.39 is 0 Å². The zero-order chi connectivity index (χ0) is 10.6. The molecule has 0 N–H and O–H groups in total. The summed E-state index contributed by atoms with van der Waals surface area (Å²) in [4.78, 5) is 0. The Balaban J connectivity index is 3.40. The van der Waals surface area contributed by atoms with Crippen LogP contribution >= 0.6 is 0 Å². The van der Waals surface area contributed by atoms with Gasteiger partial charge in [0.1, 0.15) is 0 Å². The van der Waals surface area contributed by atoms with E-state index in [0.717, 1.165) is 38.9 Å². The van der Waals surface area contributed by atoms with Gasteiger partial charge in [-0.2, -0.15) is 0 Å². The highest BCUT2D eigenvalue weighted by molar-refractivity contribution is 4.49. The fourth-order valence-electron chi connectivity index (χ4n) is 1.20. The van der Waals surface area contributed by atoms with E-state index in [0.29, 0.717) is 0 Å². The summed E-state index contributed by atoms with van der Waals surface area (Å²) in [5, 5.41) is 0. The first-order valence-electron chi connectivity index (χ1n) is 5.87. The van der Waals surface area contributed by atoms with Crippen LogP contribution in [0.3, 0.4) is 0 Å². The Labute approximate surface area is 89.0 Å². The molecule has 0 rings (SSSR count). The summed E-state index contributed by atoms with van der Waals surface area (Å²) in [6.07, 6.45) is 6.42. The molecule has 0 saturated carbocycles. The number of hydrogen-bond donors (Lipinski definition) is 0. The molecule has 0 bridgehead atoms. The molecule has 0 amide bonds. The van der Waals surface area contributed by atoms with E-state index in [1.54, 1.807) is 0 Å². The second-order valence-electron chi connectivity index (χ2n) is 3.52. The highest BCUT2D eigenvalue weighted by Crippen LogP contribution is 2.06. The van der Waals surface area contributed by atoms with Crippen LogP contribution in [0.4, 0.5) is 0 Å². The average Bonchev–Trinajstić information content (AvgIpc) is 2.20. The SMILES string of the molecule is [CH2]CCC(OCCC)OCCCCC. The molecule has 2 nitrogen and oxygen atoms in total. The van der Waals surface area contributed by atoms with Crippen LogP contribution in [0.25, 0.3) is 0 Å². The van der Waals surface area contributed by atoms with Crippen molar-refractivity contribution in [2.45, 2.75) is 58.7 Å². The minimum atomic E-state index is -0.0238. The second-order valence-corrected chi connectivity index (χ2v) is 3.52. The molecule has 0 aromatic carbocycles. The lowest BCUT2D eigenvalue weighted by Gasteiger charge is -2.17. The summed E-state index contributed by atoms with van der Waals surface area (Å²) < 4.78 is 11.2. The van der Waals surface area contributed by atoms with Crippen molar-refractivity contribution in [3.63, 3.8) is 0 Å². The van der Waals surface area contributed by atoms with Gasteiger partial charge >= 0.3 is 0 Å². The summed E-state index contributed by atoms with van der Waals surface area (Å²) in [6.45, 7) is 9.73. The maximum Gasteiger partial charge on any atom is 0.157 e. The van der Waals surface area contributed by atoms with Gasteiger partial charge in [0.05, 0.1) is 0 Å². The molecule has 0 aliphatic carbocycles. The molecule has 1 atom stereocenters. The molecule has 0 spiro atoms. The first-order valence-corrected chi connectivity index (χ1v) is 5.87. The molecule has 1 unspecified atom stereocenters. The summed E-state index contributed by atoms with van der Waals surface area (Å²) in [5.41, 5.74) is 0. The van der Waals surface area contributed by atoms with E-state index in [9.17, 15) is 0 Å². The van der Waals surface area contributed by atoms with Crippen LogP contribution in [0.5, 0.6) is 0 Å². The standard InChI is InChI=1S/C12H25O2/c1-4-7-8-11-14-12(9-5-2)13-10-6-3/h12H,2,4-11H2,1,3H3. The van der Waals surface area contributed by atoms with Crippen LogP contribution in [-0.2, 0) is 9.47 Å². The lowest BCUT2D eigenvalue weighted by atomic mass is 10.3. The third-order valence-electron chi connectivity index (χ3n) is 2.00. The Morgan fingerprint density at radius 1 is 1.00 bits per heavy atom. The highest BCUT2D eigenvalue weighted by Gasteiger charge is 2.06. The van der Waals surface area contributed by atoms with Crippen molar-refractivity contribution >= 4 is 0 Å². The largest absolute Gasteiger partial charge is 0.353 e. The van der Waals surface area contributed by atoms with E-state index >= 15 is 0 Å². The Hall–Kier alpha value is -0.0800. The minimum Gasteiger partial charge on any atom is -0.353 e. The van der Waals surface area contributed by atoms with E-state index in [2.05, 4.69) is 20.8 Å². The molecule has 0 heterocycles. The van der Waals surface area contributed by atoms with Crippen molar-refractivity contribution in [3.8, 4) is 0 Å². The molecule has 0 fully saturated rings. The van der Waals surface area contributed by atoms with Crippen molar-refractivity contribution in [1.29, 1.82) is 0 Å². The van der Waals surface area contributed by atoms with Gasteiger partial charge in [-0.15, -0.1) is 0 Å². The maximum absolute atomic E-state index is 5.62. The van der Waals surface area contributed by atoms with Crippen molar-refractivity contribution in [1.82, 2.24) is 0 Å². The molecule has 85 valence electrons. The molecule has 0 aliphatic heterocycles. The highest BCUT2D eigenvalue weighted by atomic mass is 16.7. The zero-order valence-electron chi connectivity index (χ0n) is 9.76. The van der Waals surface area contributed by atoms with E-state index in [1.165, 1.54) is 12.8 Å². The smallest absolute Gasteiger partial charge is 0.157 e. The van der Waals surface area contributed by atoms with Crippen molar-refractivity contribution in [2.24, 2.45) is 0 Å². The Kier molecular flexibility index (Phi) is 10.9. The van der Waals surface area contributed by atoms with Crippen molar-refractivity contribution in [2.75, 3.05) is 13.2 Å². The van der Waals surface area contributed by atoms with Crippen LogP contribution in [0, 0.1) is 6.92 Å². The molecule has 0 aromatic heterocycles. The molecule has 0 aromatic rings. The molecule has 0 aliphatic rings. The quantitative estimate of drug-likeness (QED) is 0.397. The Bertz CT molecular complexity index is 104. The molecule has 0 saturated heterocycles. The molecule has 14 heavy (non-hydrogen) atoms. The van der Waals surface area contributed by atoms with Crippen molar-refractivity contribution in [3.05, 3.63) is 6.92 Å². The molecule has 1 radical (unpaired) electrons. The van der Waals surface area contributed by atoms with Gasteiger partial charge in [-0.1, -0.05) is 33.6 Å². The van der Waals surface area contributed by atoms with E-state index in [-0.39, 0.29) is 6.29 Å². The molecular weight excluding hydrogens is 176 g/mol. The summed E-state index contributed by atoms with van der Waals surface area (Å²) in [6, 6.07) is 0. The van der Waals surface area contributed by atoms with Gasteiger partial charge in [0.2, 0.25) is 0 Å². The van der Waals surface area contributed by atoms with Crippen LogP contribution < -0.4 is 0 Å². The average molecular weight is 201 g/mol. The normalized spacial score (nSPS) is 13.1. The third kappa shape index (κ3) is 8.52. The fraction of sp³-hybridized carbons (Fsp3) is 0.917. The predicted octanol–water partition coefficient (Wildman–Crippen LogP) is 3.56. The summed E-state index contributed by atoms with van der Waals surface area (Å²) >= 11 is 0. The van der Waals surface area contributed by atoms with Crippen LogP contribution in [0.2, 0.25) is 0 Å². The van der Waals surface area contributed by atoms with Crippen LogP contribution in [-0.4, -0.2) is 19.5 Å². The number of hydrogen-bond acceptors (Lipinski definition) is 2. The van der Waals surface area contributed by atoms with Gasteiger partial charge in [-0.3, -0.25) is 0 Å². The van der Waals surface area contributed by atoms with Gasteiger partial charge in [0.15, 0.2) is 6.29 Å². The van der Waals surface area contributed by atoms with E-state index in [1.807, 2.05) is 0 Å². The fourth-order valence-corrected chi connectivity index (χ4v) is 1.20. The Morgan fingerprint density at radius 2 is 1.71 bits per heavy atom. The first kappa shape index (κ1) is 13.9. The van der Waals surface area contributed by atoms with Gasteiger partial charge < -0.3 is 9.47 Å². The number of unbranched alkanes of at least 4 members (excludes halogenated alkanes) is 2. The predicted molar refractivity (Wildman–Crippen MR) is 60.1 cm³/mol. The van der Waals surface area contributed by atoms with Crippen LogP contribution in [0.15, 0.2) is 0 Å².